The lowest BCUT2D eigenvalue weighted by atomic mass is 10.9. The van der Waals surface area contributed by atoms with E-state index in [0.29, 0.717) is 0 Å². The maximum atomic E-state index is 3.62. The molecule has 0 spiro atoms. The molecule has 0 saturated heterocycles. The molecule has 0 fully saturated rings. The quantitative estimate of drug-likeness (QED) is 0.491. The average molecular weight is 209 g/mol. The van der Waals surface area contributed by atoms with E-state index < -0.39 is 8.07 Å². The standard InChI is InChI=1S/C7H17BrSi/c1-4-9(5-2,6-3)7-8/h4-7H2,1-3H3. The molecule has 2 heteroatoms. The van der Waals surface area contributed by atoms with E-state index in [4.69, 9.17) is 0 Å². The predicted molar refractivity (Wildman–Crippen MR) is 51.0 cm³/mol. The number of hydrogen-bond donors (Lipinski definition) is 0. The second-order valence-electron chi connectivity index (χ2n) is 2.69. The van der Waals surface area contributed by atoms with Crippen LogP contribution in [0, 0.1) is 0 Å². The Balaban J connectivity index is 3.82. The maximum absolute atomic E-state index is 3.62. The Kier molecular flexibility index (Phi) is 4.85. The summed E-state index contributed by atoms with van der Waals surface area (Å²) in [5.41, 5.74) is 0. The summed E-state index contributed by atoms with van der Waals surface area (Å²) in [6.45, 7) is 7.00. The minimum atomic E-state index is -0.775. The fourth-order valence-electron chi connectivity index (χ4n) is 1.03. The first kappa shape index (κ1) is 9.70. The molecule has 0 aliphatic heterocycles. The fourth-order valence-corrected chi connectivity index (χ4v) is 6.67. The van der Waals surface area contributed by atoms with Crippen molar-refractivity contribution in [1.82, 2.24) is 0 Å². The highest BCUT2D eigenvalue weighted by molar-refractivity contribution is 9.09. The van der Waals surface area contributed by atoms with Crippen LogP contribution in [0.25, 0.3) is 0 Å². The number of alkyl halides is 1. The van der Waals surface area contributed by atoms with E-state index >= 15 is 0 Å². The maximum Gasteiger partial charge on any atom is 0.0640 e. The zero-order valence-electron chi connectivity index (χ0n) is 6.71. The SMILES string of the molecule is CC[Si](CC)(CC)CBr. The van der Waals surface area contributed by atoms with Gasteiger partial charge in [0, 0.05) is 0 Å². The van der Waals surface area contributed by atoms with Crippen LogP contribution in [0.15, 0.2) is 0 Å². The average Bonchev–Trinajstić information content (AvgIpc) is 1.95. The van der Waals surface area contributed by atoms with Crippen LogP contribution in [-0.4, -0.2) is 13.0 Å². The van der Waals surface area contributed by atoms with Gasteiger partial charge in [-0.05, 0) is 4.95 Å². The summed E-state index contributed by atoms with van der Waals surface area (Å²) >= 11 is 3.62. The van der Waals surface area contributed by atoms with Crippen LogP contribution in [-0.2, 0) is 0 Å². The van der Waals surface area contributed by atoms with Crippen molar-refractivity contribution in [3.05, 3.63) is 0 Å². The van der Waals surface area contributed by atoms with Gasteiger partial charge in [0.25, 0.3) is 0 Å². The van der Waals surface area contributed by atoms with Gasteiger partial charge in [0.1, 0.15) is 0 Å². The predicted octanol–water partition coefficient (Wildman–Crippen LogP) is 3.43. The fraction of sp³-hybridized carbons (Fsp3) is 1.00. The molecule has 0 nitrogen and oxygen atoms in total. The molecule has 0 aromatic carbocycles. The summed E-state index contributed by atoms with van der Waals surface area (Å²) in [4.78, 5) is 1.30. The molecule has 0 aromatic heterocycles. The van der Waals surface area contributed by atoms with Crippen LogP contribution in [0.1, 0.15) is 20.8 Å². The van der Waals surface area contributed by atoms with Gasteiger partial charge in [-0.1, -0.05) is 54.8 Å². The summed E-state index contributed by atoms with van der Waals surface area (Å²) in [5.74, 6) is 0. The third-order valence-electron chi connectivity index (χ3n) is 2.53. The number of hydrogen-bond acceptors (Lipinski definition) is 0. The molecule has 0 aliphatic carbocycles. The molecule has 0 unspecified atom stereocenters. The van der Waals surface area contributed by atoms with E-state index in [2.05, 4.69) is 36.7 Å². The highest BCUT2D eigenvalue weighted by atomic mass is 79.9. The van der Waals surface area contributed by atoms with Crippen molar-refractivity contribution in [2.45, 2.75) is 38.9 Å². The molecule has 0 radical (unpaired) electrons. The zero-order valence-corrected chi connectivity index (χ0v) is 9.29. The van der Waals surface area contributed by atoms with E-state index in [0.717, 1.165) is 0 Å². The lowest BCUT2D eigenvalue weighted by Crippen LogP contribution is -2.33. The van der Waals surface area contributed by atoms with Gasteiger partial charge in [0.2, 0.25) is 0 Å². The largest absolute Gasteiger partial charge is 0.0961 e. The minimum Gasteiger partial charge on any atom is -0.0961 e. The molecule has 9 heavy (non-hydrogen) atoms. The van der Waals surface area contributed by atoms with E-state index in [-0.39, 0.29) is 0 Å². The summed E-state index contributed by atoms with van der Waals surface area (Å²) in [6.07, 6.45) is 0. The molecule has 0 bridgehead atoms. The number of rotatable bonds is 4. The van der Waals surface area contributed by atoms with Gasteiger partial charge in [-0.2, -0.15) is 0 Å². The van der Waals surface area contributed by atoms with Crippen LogP contribution in [0.4, 0.5) is 0 Å². The molecule has 0 heterocycles. The first-order chi connectivity index (χ1) is 4.24. The van der Waals surface area contributed by atoms with Crippen molar-refractivity contribution in [2.24, 2.45) is 0 Å². The second-order valence-corrected chi connectivity index (χ2v) is 9.77. The Bertz CT molecular complexity index is 51.8. The van der Waals surface area contributed by atoms with Crippen LogP contribution in [0.3, 0.4) is 0 Å². The van der Waals surface area contributed by atoms with Crippen molar-refractivity contribution in [3.63, 3.8) is 0 Å². The highest BCUT2D eigenvalue weighted by Gasteiger charge is 2.24. The Morgan fingerprint density at radius 2 is 1.33 bits per heavy atom. The Morgan fingerprint density at radius 1 is 1.00 bits per heavy atom. The molecule has 0 aliphatic rings. The van der Waals surface area contributed by atoms with Crippen LogP contribution < -0.4 is 0 Å². The second kappa shape index (κ2) is 4.50. The van der Waals surface area contributed by atoms with Gasteiger partial charge in [0.05, 0.1) is 8.07 Å². The Morgan fingerprint density at radius 3 is 1.33 bits per heavy atom. The Labute approximate surface area is 68.2 Å². The van der Waals surface area contributed by atoms with E-state index in [9.17, 15) is 0 Å². The van der Waals surface area contributed by atoms with Gasteiger partial charge in [-0.3, -0.25) is 0 Å². The molecule has 56 valence electrons. The third kappa shape index (κ3) is 2.42. The highest BCUT2D eigenvalue weighted by Crippen LogP contribution is 2.21. The normalized spacial score (nSPS) is 12.0. The van der Waals surface area contributed by atoms with Gasteiger partial charge < -0.3 is 0 Å². The topological polar surface area (TPSA) is 0 Å². The van der Waals surface area contributed by atoms with Gasteiger partial charge in [-0.25, -0.2) is 0 Å². The molecular weight excluding hydrogens is 192 g/mol. The van der Waals surface area contributed by atoms with Crippen molar-refractivity contribution in [2.75, 3.05) is 4.95 Å². The summed E-state index contributed by atoms with van der Waals surface area (Å²) in [5, 5.41) is 0. The first-order valence-electron chi connectivity index (χ1n) is 3.80. The van der Waals surface area contributed by atoms with E-state index in [1.54, 1.807) is 0 Å². The van der Waals surface area contributed by atoms with Crippen LogP contribution in [0.5, 0.6) is 0 Å². The molecule has 0 amide bonds. The smallest absolute Gasteiger partial charge is 0.0640 e. The molecule has 0 atom stereocenters. The van der Waals surface area contributed by atoms with Crippen molar-refractivity contribution in [3.8, 4) is 0 Å². The molecule has 0 N–H and O–H groups in total. The monoisotopic (exact) mass is 208 g/mol. The molecule has 0 rings (SSSR count). The van der Waals surface area contributed by atoms with Crippen LogP contribution >= 0.6 is 15.9 Å². The summed E-state index contributed by atoms with van der Waals surface area (Å²) in [7, 11) is -0.775. The minimum absolute atomic E-state index is 0.775. The summed E-state index contributed by atoms with van der Waals surface area (Å²) < 4.78 is 0. The van der Waals surface area contributed by atoms with Crippen LogP contribution in [0.2, 0.25) is 18.1 Å². The van der Waals surface area contributed by atoms with Gasteiger partial charge in [-0.15, -0.1) is 0 Å². The van der Waals surface area contributed by atoms with Gasteiger partial charge in [0.15, 0.2) is 0 Å². The summed E-state index contributed by atoms with van der Waals surface area (Å²) in [6, 6.07) is 4.31. The third-order valence-corrected chi connectivity index (χ3v) is 11.2. The molecular formula is C7H17BrSi. The number of halogens is 1. The van der Waals surface area contributed by atoms with Crippen molar-refractivity contribution < 1.29 is 0 Å². The van der Waals surface area contributed by atoms with Gasteiger partial charge >= 0.3 is 0 Å². The van der Waals surface area contributed by atoms with Crippen molar-refractivity contribution >= 4 is 24.0 Å². The molecule has 0 saturated carbocycles. The van der Waals surface area contributed by atoms with Crippen molar-refractivity contribution in [1.29, 1.82) is 0 Å². The Hall–Kier alpha value is 0.697. The lowest BCUT2D eigenvalue weighted by molar-refractivity contribution is 1.17. The molecule has 0 aromatic rings. The van der Waals surface area contributed by atoms with E-state index in [1.165, 1.54) is 23.1 Å². The van der Waals surface area contributed by atoms with E-state index in [1.807, 2.05) is 0 Å². The first-order valence-corrected chi connectivity index (χ1v) is 7.75. The lowest BCUT2D eigenvalue weighted by Gasteiger charge is -2.24. The zero-order chi connectivity index (χ0) is 7.33.